The molecule has 0 amide bonds. The fourth-order valence-electron chi connectivity index (χ4n) is 3.44. The van der Waals surface area contributed by atoms with Gasteiger partial charge in [0, 0.05) is 15.5 Å². The normalized spacial score (nSPS) is 11.8. The second kappa shape index (κ2) is 10.8. The minimum atomic E-state index is -4.79. The Morgan fingerprint density at radius 3 is 2.31 bits per heavy atom. The summed E-state index contributed by atoms with van der Waals surface area (Å²) in [5.41, 5.74) is 2.68. The molecule has 0 saturated carbocycles. The third-order valence-corrected chi connectivity index (χ3v) is 7.87. The molecule has 4 rings (SSSR count). The van der Waals surface area contributed by atoms with Gasteiger partial charge in [-0.25, -0.2) is 9.97 Å². The van der Waals surface area contributed by atoms with Gasteiger partial charge in [-0.05, 0) is 47.7 Å². The van der Waals surface area contributed by atoms with Crippen molar-refractivity contribution in [3.05, 3.63) is 64.3 Å². The van der Waals surface area contributed by atoms with Crippen LogP contribution in [0.15, 0.2) is 58.7 Å². The van der Waals surface area contributed by atoms with Crippen molar-refractivity contribution in [2.24, 2.45) is 0 Å². The maximum absolute atomic E-state index is 12.9. The molecule has 35 heavy (non-hydrogen) atoms. The fourth-order valence-corrected chi connectivity index (χ4v) is 5.81. The number of ether oxygens (including phenoxy) is 1. The van der Waals surface area contributed by atoms with Gasteiger partial charge in [0.15, 0.2) is 0 Å². The zero-order valence-electron chi connectivity index (χ0n) is 20.2. The molecule has 0 aliphatic rings. The van der Waals surface area contributed by atoms with Crippen LogP contribution < -0.4 is 4.74 Å². The lowest BCUT2D eigenvalue weighted by Gasteiger charge is -2.20. The molecule has 0 fully saturated rings. The number of aromatic nitrogens is 2. The highest BCUT2D eigenvalue weighted by Crippen LogP contribution is 2.48. The van der Waals surface area contributed by atoms with Crippen LogP contribution in [0.4, 0.5) is 13.2 Å². The number of fused-ring (bicyclic) bond motifs is 1. The first-order valence-corrected chi connectivity index (χ1v) is 13.0. The van der Waals surface area contributed by atoms with Gasteiger partial charge in [-0.15, -0.1) is 24.5 Å². The van der Waals surface area contributed by atoms with Crippen LogP contribution in [-0.2, 0) is 5.41 Å². The first-order chi connectivity index (χ1) is 16.4. The zero-order valence-corrected chi connectivity index (χ0v) is 22.6. The van der Waals surface area contributed by atoms with Crippen LogP contribution >= 0.6 is 34.7 Å². The number of para-hydroxylation sites is 1. The lowest BCUT2D eigenvalue weighted by atomic mass is 9.88. The summed E-state index contributed by atoms with van der Waals surface area (Å²) >= 11 is 8.96. The van der Waals surface area contributed by atoms with Gasteiger partial charge in [0.25, 0.3) is 0 Å². The van der Waals surface area contributed by atoms with Gasteiger partial charge in [-0.2, -0.15) is 0 Å². The highest BCUT2D eigenvalue weighted by molar-refractivity contribution is 7.99. The van der Waals surface area contributed by atoms with Crippen LogP contribution in [0.25, 0.3) is 21.3 Å². The average molecular weight is 539 g/mol. The van der Waals surface area contributed by atoms with Crippen LogP contribution in [0.1, 0.15) is 45.1 Å². The van der Waals surface area contributed by atoms with E-state index in [-0.39, 0.29) is 11.2 Å². The molecular formula is C26H26ClF3N2OS2. The topological polar surface area (TPSA) is 35.0 Å². The Kier molecular flexibility index (Phi) is 8.40. The average Bonchev–Trinajstić information content (AvgIpc) is 3.19. The van der Waals surface area contributed by atoms with Gasteiger partial charge in [0.2, 0.25) is 0 Å². The fraction of sp³-hybridized carbons (Fsp3) is 0.308. The molecule has 0 bridgehead atoms. The lowest BCUT2D eigenvalue weighted by Crippen LogP contribution is -2.17. The Bertz CT molecular complexity index is 1330. The molecular weight excluding hydrogens is 513 g/mol. The summed E-state index contributed by atoms with van der Waals surface area (Å²) in [6.45, 7) is 12.3. The number of benzene rings is 2. The highest BCUT2D eigenvalue weighted by atomic mass is 35.5. The molecule has 0 N–H and O–H groups in total. The van der Waals surface area contributed by atoms with Crippen LogP contribution in [0.3, 0.4) is 0 Å². The van der Waals surface area contributed by atoms with Crippen molar-refractivity contribution in [1.82, 2.24) is 9.97 Å². The van der Waals surface area contributed by atoms with E-state index in [4.69, 9.17) is 11.6 Å². The van der Waals surface area contributed by atoms with Crippen molar-refractivity contribution in [2.45, 2.75) is 63.2 Å². The van der Waals surface area contributed by atoms with E-state index in [0.717, 1.165) is 43.5 Å². The maximum Gasteiger partial charge on any atom is 0.573 e. The number of aryl methyl sites for hydroxylation is 1. The summed E-state index contributed by atoms with van der Waals surface area (Å²) in [5, 5.41) is 2.04. The van der Waals surface area contributed by atoms with Crippen molar-refractivity contribution >= 4 is 44.9 Å². The molecule has 0 spiro atoms. The summed E-state index contributed by atoms with van der Waals surface area (Å²) in [6.07, 6.45) is -3.34. The third kappa shape index (κ3) is 6.29. The summed E-state index contributed by atoms with van der Waals surface area (Å²) in [4.78, 5) is 11.1. The number of thiophene rings is 1. The molecule has 186 valence electrons. The van der Waals surface area contributed by atoms with Gasteiger partial charge in [-0.3, -0.25) is 0 Å². The molecule has 2 aromatic carbocycles. The lowest BCUT2D eigenvalue weighted by molar-refractivity contribution is -0.275. The summed E-state index contributed by atoms with van der Waals surface area (Å²) < 4.78 is 43.1. The molecule has 0 atom stereocenters. The molecule has 0 radical (unpaired) electrons. The molecule has 4 aromatic rings. The summed E-state index contributed by atoms with van der Waals surface area (Å²) in [7, 11) is 0. The Labute approximate surface area is 216 Å². The predicted molar refractivity (Wildman–Crippen MR) is 140 cm³/mol. The first-order valence-electron chi connectivity index (χ1n) is 11.0. The smallest absolute Gasteiger partial charge is 0.405 e. The number of hydrogen-bond acceptors (Lipinski definition) is 5. The Morgan fingerprint density at radius 2 is 1.69 bits per heavy atom. The molecule has 0 saturated heterocycles. The monoisotopic (exact) mass is 538 g/mol. The van der Waals surface area contributed by atoms with E-state index >= 15 is 0 Å². The number of halogens is 4. The highest BCUT2D eigenvalue weighted by Gasteiger charge is 2.32. The standard InChI is InChI=1S/C24H20ClF3N2OS2.C2H6/c1-13-11-14(9-10-15(13)25)18-19-21(29-12-30-22(19)33-20(18)23(2,3)4)32-17-8-6-5-7-16(17)31-24(26,27)28;1-2/h5-12H,1-4H3;1-2H3. The second-order valence-electron chi connectivity index (χ2n) is 8.48. The third-order valence-electron chi connectivity index (χ3n) is 4.86. The Balaban J connectivity index is 0.00000167. The van der Waals surface area contributed by atoms with E-state index < -0.39 is 6.36 Å². The maximum atomic E-state index is 12.9. The minimum Gasteiger partial charge on any atom is -0.405 e. The number of alkyl halides is 3. The van der Waals surface area contributed by atoms with Crippen LogP contribution in [-0.4, -0.2) is 16.3 Å². The van der Waals surface area contributed by atoms with Gasteiger partial charge < -0.3 is 4.74 Å². The van der Waals surface area contributed by atoms with Crippen molar-refractivity contribution < 1.29 is 17.9 Å². The van der Waals surface area contributed by atoms with E-state index in [1.165, 1.54) is 18.5 Å². The summed E-state index contributed by atoms with van der Waals surface area (Å²) in [6, 6.07) is 11.9. The van der Waals surface area contributed by atoms with Gasteiger partial charge in [0.05, 0.1) is 10.3 Å². The largest absolute Gasteiger partial charge is 0.573 e. The first kappa shape index (κ1) is 27.3. The number of hydrogen-bond donors (Lipinski definition) is 0. The van der Waals surface area contributed by atoms with Gasteiger partial charge in [-0.1, -0.05) is 76.2 Å². The molecule has 9 heteroatoms. The van der Waals surface area contributed by atoms with Crippen molar-refractivity contribution in [2.75, 3.05) is 0 Å². The second-order valence-corrected chi connectivity index (χ2v) is 10.9. The van der Waals surface area contributed by atoms with Gasteiger partial charge >= 0.3 is 6.36 Å². The SMILES string of the molecule is CC.Cc1cc(-c2c(C(C)(C)C)sc3ncnc(Sc4ccccc4OC(F)(F)F)c23)ccc1Cl. The van der Waals surface area contributed by atoms with Crippen LogP contribution in [0.5, 0.6) is 5.75 Å². The molecule has 3 nitrogen and oxygen atoms in total. The molecule has 0 aliphatic carbocycles. The quantitative estimate of drug-likeness (QED) is 0.242. The van der Waals surface area contributed by atoms with E-state index in [0.29, 0.717) is 14.9 Å². The van der Waals surface area contributed by atoms with E-state index in [2.05, 4.69) is 35.5 Å². The number of nitrogens with zero attached hydrogens (tertiary/aromatic N) is 2. The van der Waals surface area contributed by atoms with Crippen molar-refractivity contribution in [3.8, 4) is 16.9 Å². The van der Waals surface area contributed by atoms with Crippen molar-refractivity contribution in [1.29, 1.82) is 0 Å². The van der Waals surface area contributed by atoms with E-state index in [1.807, 2.05) is 39.0 Å². The van der Waals surface area contributed by atoms with Crippen LogP contribution in [0.2, 0.25) is 5.02 Å². The predicted octanol–water partition coefficient (Wildman–Crippen LogP) is 9.69. The molecule has 0 unspecified atom stereocenters. The number of rotatable bonds is 4. The Morgan fingerprint density at radius 1 is 1.00 bits per heavy atom. The molecule has 2 heterocycles. The molecule has 2 aromatic heterocycles. The minimum absolute atomic E-state index is 0.187. The van der Waals surface area contributed by atoms with Gasteiger partial charge in [0.1, 0.15) is 21.9 Å². The van der Waals surface area contributed by atoms with E-state index in [1.54, 1.807) is 23.5 Å². The Hall–Kier alpha value is -2.29. The zero-order chi connectivity index (χ0) is 26.0. The van der Waals surface area contributed by atoms with Crippen molar-refractivity contribution in [3.63, 3.8) is 0 Å². The van der Waals surface area contributed by atoms with Crippen LogP contribution in [0, 0.1) is 6.92 Å². The molecule has 0 aliphatic heterocycles. The van der Waals surface area contributed by atoms with E-state index in [9.17, 15) is 13.2 Å². The summed E-state index contributed by atoms with van der Waals surface area (Å²) in [5.74, 6) is -0.267.